The largest absolute Gasteiger partial charge is 0.343 e. The van der Waals surface area contributed by atoms with Crippen molar-refractivity contribution in [1.29, 1.82) is 0 Å². The van der Waals surface area contributed by atoms with Crippen molar-refractivity contribution in [1.82, 2.24) is 5.32 Å². The van der Waals surface area contributed by atoms with Crippen LogP contribution in [0.5, 0.6) is 0 Å². The van der Waals surface area contributed by atoms with Crippen LogP contribution in [0, 0.1) is 0 Å². The number of hydrogen-bond donors (Lipinski definition) is 1. The molecule has 0 radical (unpaired) electrons. The molecular formula is C6H12ClNO. The summed E-state index contributed by atoms with van der Waals surface area (Å²) in [6, 6.07) is 0.225. The first-order valence-electron chi connectivity index (χ1n) is 3.14. The minimum Gasteiger partial charge on any atom is -0.343 e. The number of halogens is 1. The Labute approximate surface area is 60.6 Å². The van der Waals surface area contributed by atoms with E-state index in [1.807, 2.05) is 6.92 Å². The van der Waals surface area contributed by atoms with E-state index >= 15 is 0 Å². The van der Waals surface area contributed by atoms with Gasteiger partial charge in [-0.2, -0.15) is 0 Å². The Morgan fingerprint density at radius 1 is 1.67 bits per heavy atom. The summed E-state index contributed by atoms with van der Waals surface area (Å²) >= 11 is 5.24. The van der Waals surface area contributed by atoms with E-state index in [1.165, 1.54) is 0 Å². The van der Waals surface area contributed by atoms with E-state index in [0.29, 0.717) is 6.42 Å². The molecule has 0 aromatic rings. The topological polar surface area (TPSA) is 29.1 Å². The van der Waals surface area contributed by atoms with E-state index in [9.17, 15) is 4.79 Å². The number of carbonyl (C=O) groups excluding carboxylic acids is 1. The van der Waals surface area contributed by atoms with E-state index < -0.39 is 0 Å². The van der Waals surface area contributed by atoms with Crippen LogP contribution in [0.4, 0.5) is 0 Å². The van der Waals surface area contributed by atoms with Gasteiger partial charge in [-0.15, -0.1) is 11.6 Å². The van der Waals surface area contributed by atoms with Gasteiger partial charge in [-0.3, -0.25) is 4.79 Å². The normalized spacial score (nSPS) is 9.11. The lowest BCUT2D eigenvalue weighted by Gasteiger charge is -1.97. The lowest BCUT2D eigenvalue weighted by molar-refractivity contribution is -0.120. The van der Waals surface area contributed by atoms with Crippen LogP contribution in [0.15, 0.2) is 0 Å². The van der Waals surface area contributed by atoms with Crippen LogP contribution in [0.25, 0.3) is 0 Å². The third-order valence-electron chi connectivity index (χ3n) is 1.02. The molecule has 1 amide bonds. The summed E-state index contributed by atoms with van der Waals surface area (Å²) in [5.41, 5.74) is 0. The Morgan fingerprint density at radius 3 is 2.78 bits per heavy atom. The fourth-order valence-corrected chi connectivity index (χ4v) is 0.649. The van der Waals surface area contributed by atoms with Gasteiger partial charge in [0.15, 0.2) is 0 Å². The lowest BCUT2D eigenvalue weighted by Crippen LogP contribution is -2.20. The average molecular weight is 150 g/mol. The van der Waals surface area contributed by atoms with Crippen molar-refractivity contribution in [3.8, 4) is 0 Å². The quantitative estimate of drug-likeness (QED) is 0.476. The number of hydrogen-bond acceptors (Lipinski definition) is 1. The zero-order chi connectivity index (χ0) is 7.11. The van der Waals surface area contributed by atoms with Gasteiger partial charge in [-0.1, -0.05) is 13.3 Å². The highest BCUT2D eigenvalue weighted by atomic mass is 35.5. The molecule has 0 rings (SSSR count). The molecule has 9 heavy (non-hydrogen) atoms. The van der Waals surface area contributed by atoms with Crippen LogP contribution in [0.2, 0.25) is 0 Å². The Bertz CT molecular complexity index is 85.1. The third-order valence-corrected chi connectivity index (χ3v) is 1.16. The second-order valence-corrected chi connectivity index (χ2v) is 2.10. The molecule has 0 saturated carbocycles. The summed E-state index contributed by atoms with van der Waals surface area (Å²) in [7, 11) is 0. The average Bonchev–Trinajstić information content (AvgIpc) is 1.85. The smallest absolute Gasteiger partial charge is 0.220 e. The van der Waals surface area contributed by atoms with Gasteiger partial charge >= 0.3 is 0 Å². The standard InChI is InChI=1S/C6H12ClNO/c1-2-3-4-6(9)8-5-7/h2-5H2,1H3,(H,8,9). The van der Waals surface area contributed by atoms with E-state index in [4.69, 9.17) is 11.6 Å². The monoisotopic (exact) mass is 149 g/mol. The number of alkyl halides is 1. The summed E-state index contributed by atoms with van der Waals surface area (Å²) in [5.74, 6) is 0.0480. The Morgan fingerprint density at radius 2 is 2.33 bits per heavy atom. The number of amides is 1. The minimum absolute atomic E-state index is 0.0480. The van der Waals surface area contributed by atoms with Crippen molar-refractivity contribution in [2.24, 2.45) is 0 Å². The zero-order valence-corrected chi connectivity index (χ0v) is 6.37. The Hall–Kier alpha value is -0.240. The van der Waals surface area contributed by atoms with Gasteiger partial charge in [0.2, 0.25) is 5.91 Å². The lowest BCUT2D eigenvalue weighted by atomic mass is 10.2. The number of unbranched alkanes of at least 4 members (excludes halogenated alkanes) is 1. The van der Waals surface area contributed by atoms with Gasteiger partial charge in [-0.25, -0.2) is 0 Å². The first-order valence-corrected chi connectivity index (χ1v) is 3.67. The molecule has 0 spiro atoms. The second kappa shape index (κ2) is 5.89. The van der Waals surface area contributed by atoms with Gasteiger partial charge < -0.3 is 5.32 Å². The molecule has 0 aliphatic heterocycles. The molecular weight excluding hydrogens is 138 g/mol. The highest BCUT2D eigenvalue weighted by molar-refractivity contribution is 6.18. The van der Waals surface area contributed by atoms with Gasteiger partial charge in [0, 0.05) is 6.42 Å². The predicted octanol–water partition coefficient (Wildman–Crippen LogP) is 1.49. The van der Waals surface area contributed by atoms with Gasteiger partial charge in [0.1, 0.15) is 0 Å². The fourth-order valence-electron chi connectivity index (χ4n) is 0.500. The summed E-state index contributed by atoms with van der Waals surface area (Å²) in [4.78, 5) is 10.6. The van der Waals surface area contributed by atoms with Gasteiger partial charge in [-0.05, 0) is 6.42 Å². The maximum absolute atomic E-state index is 10.6. The zero-order valence-electron chi connectivity index (χ0n) is 5.61. The summed E-state index contributed by atoms with van der Waals surface area (Å²) < 4.78 is 0. The molecule has 3 heteroatoms. The molecule has 0 fully saturated rings. The predicted molar refractivity (Wildman–Crippen MR) is 38.4 cm³/mol. The van der Waals surface area contributed by atoms with Crippen LogP contribution < -0.4 is 5.32 Å². The molecule has 0 heterocycles. The van der Waals surface area contributed by atoms with Crippen LogP contribution in [-0.4, -0.2) is 11.9 Å². The molecule has 0 saturated heterocycles. The van der Waals surface area contributed by atoms with Crippen molar-refractivity contribution in [3.63, 3.8) is 0 Å². The maximum Gasteiger partial charge on any atom is 0.220 e. The van der Waals surface area contributed by atoms with Crippen molar-refractivity contribution >= 4 is 17.5 Å². The second-order valence-electron chi connectivity index (χ2n) is 1.84. The maximum atomic E-state index is 10.6. The minimum atomic E-state index is 0.0480. The molecule has 0 bridgehead atoms. The first kappa shape index (κ1) is 8.76. The SMILES string of the molecule is CCCCC(=O)NCCl. The third kappa shape index (κ3) is 5.63. The van der Waals surface area contributed by atoms with Gasteiger partial charge in [0.05, 0.1) is 6.00 Å². The summed E-state index contributed by atoms with van der Waals surface area (Å²) in [6.07, 6.45) is 2.60. The molecule has 54 valence electrons. The molecule has 2 nitrogen and oxygen atoms in total. The van der Waals surface area contributed by atoms with Crippen molar-refractivity contribution in [2.45, 2.75) is 26.2 Å². The highest BCUT2D eigenvalue weighted by Gasteiger charge is 1.95. The summed E-state index contributed by atoms with van der Waals surface area (Å²) in [5, 5.41) is 2.51. The highest BCUT2D eigenvalue weighted by Crippen LogP contribution is 1.92. The Kier molecular flexibility index (Phi) is 5.73. The molecule has 1 N–H and O–H groups in total. The Balaban J connectivity index is 3.06. The molecule has 0 aromatic carbocycles. The molecule has 0 aromatic heterocycles. The van der Waals surface area contributed by atoms with Crippen molar-refractivity contribution in [2.75, 3.05) is 6.00 Å². The van der Waals surface area contributed by atoms with Crippen molar-refractivity contribution < 1.29 is 4.79 Å². The fraction of sp³-hybridized carbons (Fsp3) is 0.833. The number of rotatable bonds is 4. The number of carbonyl (C=O) groups is 1. The molecule has 0 aliphatic rings. The molecule has 0 aliphatic carbocycles. The van der Waals surface area contributed by atoms with Crippen LogP contribution >= 0.6 is 11.6 Å². The van der Waals surface area contributed by atoms with E-state index in [-0.39, 0.29) is 11.9 Å². The molecule has 0 unspecified atom stereocenters. The molecule has 0 atom stereocenters. The van der Waals surface area contributed by atoms with Crippen molar-refractivity contribution in [3.05, 3.63) is 0 Å². The van der Waals surface area contributed by atoms with Crippen LogP contribution in [0.1, 0.15) is 26.2 Å². The van der Waals surface area contributed by atoms with Crippen LogP contribution in [0.3, 0.4) is 0 Å². The van der Waals surface area contributed by atoms with E-state index in [2.05, 4.69) is 5.32 Å². The first-order chi connectivity index (χ1) is 4.31. The number of nitrogens with one attached hydrogen (secondary N) is 1. The van der Waals surface area contributed by atoms with E-state index in [1.54, 1.807) is 0 Å². The van der Waals surface area contributed by atoms with E-state index in [0.717, 1.165) is 12.8 Å². The van der Waals surface area contributed by atoms with Gasteiger partial charge in [0.25, 0.3) is 0 Å². The summed E-state index contributed by atoms with van der Waals surface area (Å²) in [6.45, 7) is 2.05. The van der Waals surface area contributed by atoms with Crippen LogP contribution in [-0.2, 0) is 4.79 Å².